The Morgan fingerprint density at radius 1 is 1.10 bits per heavy atom. The minimum absolute atomic E-state index is 0.161. The lowest BCUT2D eigenvalue weighted by Gasteiger charge is -2.21. The van der Waals surface area contributed by atoms with Gasteiger partial charge in [0.25, 0.3) is 0 Å². The predicted molar refractivity (Wildman–Crippen MR) is 85.8 cm³/mol. The number of benzene rings is 2. The van der Waals surface area contributed by atoms with Crippen LogP contribution in [0.4, 0.5) is 0 Å². The van der Waals surface area contributed by atoms with Crippen molar-refractivity contribution in [3.05, 3.63) is 59.7 Å². The molecule has 2 rings (SSSR count). The molecule has 2 aromatic carbocycles. The van der Waals surface area contributed by atoms with E-state index in [2.05, 4.69) is 26.1 Å². The van der Waals surface area contributed by atoms with Crippen LogP contribution in [-0.4, -0.2) is 17.8 Å². The van der Waals surface area contributed by atoms with Gasteiger partial charge in [0, 0.05) is 12.1 Å². The number of phenolic OH excluding ortho intramolecular Hbond substituents is 1. The summed E-state index contributed by atoms with van der Waals surface area (Å²) in [6.45, 7) is 6.84. The van der Waals surface area contributed by atoms with Crippen molar-refractivity contribution in [1.82, 2.24) is 5.32 Å². The van der Waals surface area contributed by atoms with Crippen LogP contribution in [0.5, 0.6) is 11.5 Å². The SMILES string of the molecule is Cc1ccc(OCC(C)NC(C)c2cccc(O)c2)cc1. The maximum atomic E-state index is 9.52. The van der Waals surface area contributed by atoms with E-state index in [1.165, 1.54) is 5.56 Å². The highest BCUT2D eigenvalue weighted by Gasteiger charge is 2.10. The molecule has 2 aromatic rings. The van der Waals surface area contributed by atoms with Gasteiger partial charge in [-0.2, -0.15) is 0 Å². The van der Waals surface area contributed by atoms with E-state index in [-0.39, 0.29) is 12.1 Å². The smallest absolute Gasteiger partial charge is 0.119 e. The molecule has 0 spiro atoms. The summed E-state index contributed by atoms with van der Waals surface area (Å²) in [4.78, 5) is 0. The van der Waals surface area contributed by atoms with Crippen LogP contribution in [0.2, 0.25) is 0 Å². The van der Waals surface area contributed by atoms with Crippen LogP contribution >= 0.6 is 0 Å². The third-order valence-electron chi connectivity index (χ3n) is 3.43. The van der Waals surface area contributed by atoms with E-state index in [1.54, 1.807) is 12.1 Å². The fourth-order valence-electron chi connectivity index (χ4n) is 2.22. The summed E-state index contributed by atoms with van der Waals surface area (Å²) >= 11 is 0. The summed E-state index contributed by atoms with van der Waals surface area (Å²) in [5, 5.41) is 13.0. The zero-order valence-electron chi connectivity index (χ0n) is 12.8. The zero-order chi connectivity index (χ0) is 15.2. The molecule has 0 radical (unpaired) electrons. The number of aryl methyl sites for hydroxylation is 1. The van der Waals surface area contributed by atoms with Crippen LogP contribution in [-0.2, 0) is 0 Å². The molecule has 0 saturated heterocycles. The number of hydrogen-bond donors (Lipinski definition) is 2. The van der Waals surface area contributed by atoms with E-state index in [4.69, 9.17) is 4.74 Å². The first-order chi connectivity index (χ1) is 10.0. The normalized spacial score (nSPS) is 13.7. The highest BCUT2D eigenvalue weighted by Crippen LogP contribution is 2.18. The van der Waals surface area contributed by atoms with Crippen LogP contribution in [0, 0.1) is 6.92 Å². The Morgan fingerprint density at radius 2 is 1.81 bits per heavy atom. The van der Waals surface area contributed by atoms with Crippen LogP contribution in [0.15, 0.2) is 48.5 Å². The van der Waals surface area contributed by atoms with E-state index < -0.39 is 0 Å². The van der Waals surface area contributed by atoms with E-state index in [1.807, 2.05) is 36.4 Å². The van der Waals surface area contributed by atoms with Gasteiger partial charge in [0.15, 0.2) is 0 Å². The molecule has 0 fully saturated rings. The third kappa shape index (κ3) is 4.80. The summed E-state index contributed by atoms with van der Waals surface area (Å²) < 4.78 is 5.77. The Labute approximate surface area is 126 Å². The van der Waals surface area contributed by atoms with Gasteiger partial charge in [-0.3, -0.25) is 0 Å². The van der Waals surface area contributed by atoms with Crippen molar-refractivity contribution in [1.29, 1.82) is 0 Å². The lowest BCUT2D eigenvalue weighted by molar-refractivity contribution is 0.264. The maximum absolute atomic E-state index is 9.52. The number of aromatic hydroxyl groups is 1. The zero-order valence-corrected chi connectivity index (χ0v) is 12.8. The third-order valence-corrected chi connectivity index (χ3v) is 3.43. The molecule has 0 saturated carbocycles. The number of rotatable bonds is 6. The molecule has 2 atom stereocenters. The van der Waals surface area contributed by atoms with Gasteiger partial charge in [0.1, 0.15) is 18.1 Å². The first kappa shape index (κ1) is 15.4. The molecule has 3 nitrogen and oxygen atoms in total. The number of nitrogens with one attached hydrogen (secondary N) is 1. The Balaban J connectivity index is 1.83. The molecule has 21 heavy (non-hydrogen) atoms. The summed E-state index contributed by atoms with van der Waals surface area (Å²) in [5.41, 5.74) is 2.29. The largest absolute Gasteiger partial charge is 0.508 e. The topological polar surface area (TPSA) is 41.5 Å². The number of phenols is 1. The minimum Gasteiger partial charge on any atom is -0.508 e. The Kier molecular flexibility index (Phi) is 5.23. The monoisotopic (exact) mass is 285 g/mol. The predicted octanol–water partition coefficient (Wildman–Crippen LogP) is 3.82. The van der Waals surface area contributed by atoms with Crippen LogP contribution < -0.4 is 10.1 Å². The molecule has 0 heterocycles. The molecule has 2 N–H and O–H groups in total. The highest BCUT2D eigenvalue weighted by molar-refractivity contribution is 5.29. The van der Waals surface area contributed by atoms with E-state index in [0.29, 0.717) is 12.4 Å². The average molecular weight is 285 g/mol. The van der Waals surface area contributed by atoms with E-state index in [0.717, 1.165) is 11.3 Å². The van der Waals surface area contributed by atoms with Gasteiger partial charge in [-0.05, 0) is 50.6 Å². The molecular weight excluding hydrogens is 262 g/mol. The van der Waals surface area contributed by atoms with E-state index >= 15 is 0 Å². The fourth-order valence-corrected chi connectivity index (χ4v) is 2.22. The van der Waals surface area contributed by atoms with Crippen molar-refractivity contribution in [2.24, 2.45) is 0 Å². The molecular formula is C18H23NO2. The van der Waals surface area contributed by atoms with Crippen molar-refractivity contribution in [3.63, 3.8) is 0 Å². The molecule has 0 bridgehead atoms. The maximum Gasteiger partial charge on any atom is 0.119 e. The van der Waals surface area contributed by atoms with Crippen molar-refractivity contribution < 1.29 is 9.84 Å². The van der Waals surface area contributed by atoms with Gasteiger partial charge in [-0.1, -0.05) is 29.8 Å². The van der Waals surface area contributed by atoms with Crippen LogP contribution in [0.25, 0.3) is 0 Å². The van der Waals surface area contributed by atoms with Crippen molar-refractivity contribution in [2.75, 3.05) is 6.61 Å². The minimum atomic E-state index is 0.161. The van der Waals surface area contributed by atoms with Crippen LogP contribution in [0.3, 0.4) is 0 Å². The lowest BCUT2D eigenvalue weighted by atomic mass is 10.1. The molecule has 0 aromatic heterocycles. The van der Waals surface area contributed by atoms with Crippen molar-refractivity contribution in [2.45, 2.75) is 32.9 Å². The fraction of sp³-hybridized carbons (Fsp3) is 0.333. The van der Waals surface area contributed by atoms with E-state index in [9.17, 15) is 5.11 Å². The van der Waals surface area contributed by atoms with Gasteiger partial charge in [0.05, 0.1) is 0 Å². The first-order valence-corrected chi connectivity index (χ1v) is 7.29. The van der Waals surface area contributed by atoms with Gasteiger partial charge in [-0.15, -0.1) is 0 Å². The Bertz CT molecular complexity index is 566. The van der Waals surface area contributed by atoms with Crippen LogP contribution in [0.1, 0.15) is 31.0 Å². The Hall–Kier alpha value is -2.00. The summed E-state index contributed by atoms with van der Waals surface area (Å²) in [5.74, 6) is 1.18. The number of hydrogen-bond acceptors (Lipinski definition) is 3. The average Bonchev–Trinajstić information content (AvgIpc) is 2.46. The molecule has 0 amide bonds. The van der Waals surface area contributed by atoms with Gasteiger partial charge in [0.2, 0.25) is 0 Å². The van der Waals surface area contributed by atoms with Gasteiger partial charge >= 0.3 is 0 Å². The summed E-state index contributed by atoms with van der Waals surface area (Å²) in [6, 6.07) is 15.8. The van der Waals surface area contributed by atoms with Crippen molar-refractivity contribution in [3.8, 4) is 11.5 Å². The second-order valence-corrected chi connectivity index (χ2v) is 5.51. The Morgan fingerprint density at radius 3 is 2.48 bits per heavy atom. The summed E-state index contributed by atoms with van der Waals surface area (Å²) in [6.07, 6.45) is 0. The molecule has 0 aliphatic rings. The molecule has 2 unspecified atom stereocenters. The van der Waals surface area contributed by atoms with Gasteiger partial charge < -0.3 is 15.2 Å². The highest BCUT2D eigenvalue weighted by atomic mass is 16.5. The van der Waals surface area contributed by atoms with Gasteiger partial charge in [-0.25, -0.2) is 0 Å². The first-order valence-electron chi connectivity index (χ1n) is 7.29. The summed E-state index contributed by atoms with van der Waals surface area (Å²) in [7, 11) is 0. The molecule has 0 aliphatic carbocycles. The molecule has 0 aliphatic heterocycles. The molecule has 112 valence electrons. The lowest BCUT2D eigenvalue weighted by Crippen LogP contribution is -2.33. The second kappa shape index (κ2) is 7.14. The standard InChI is InChI=1S/C18H23NO2/c1-13-7-9-18(10-8-13)21-12-14(2)19-15(3)16-5-4-6-17(20)11-16/h4-11,14-15,19-20H,12H2,1-3H3. The molecule has 3 heteroatoms. The van der Waals surface area contributed by atoms with Crippen molar-refractivity contribution >= 4 is 0 Å². The second-order valence-electron chi connectivity index (χ2n) is 5.51. The quantitative estimate of drug-likeness (QED) is 0.848. The number of ether oxygens (including phenoxy) is 1.